The van der Waals surface area contributed by atoms with E-state index in [1.54, 1.807) is 12.5 Å². The lowest BCUT2D eigenvalue weighted by Gasteiger charge is -2.51. The molecule has 0 saturated heterocycles. The van der Waals surface area contributed by atoms with Gasteiger partial charge in [0.2, 0.25) is 0 Å². The standard InChI is InChI=1S/C19H25N3O2/c1-8(2)22-5-13(21-7-22)18(23)20-6-19(24)16-10-4-11-14-9(10)3-12(16)15(14)17(11)19/h5,7-12,14-17,24H,3-4,6H2,1-2H3,(H,20,23)/t9-,10+,11+,12-,14-,15+,16+,17-,19-/m0/s1. The van der Waals surface area contributed by atoms with E-state index in [-0.39, 0.29) is 5.91 Å². The molecule has 5 fully saturated rings. The fraction of sp³-hybridized carbons (Fsp3) is 0.789. The van der Waals surface area contributed by atoms with Gasteiger partial charge in [0.25, 0.3) is 5.91 Å². The first-order valence-corrected chi connectivity index (χ1v) is 9.54. The van der Waals surface area contributed by atoms with Crippen LogP contribution in [0.1, 0.15) is 43.2 Å². The molecule has 24 heavy (non-hydrogen) atoms. The van der Waals surface area contributed by atoms with Crippen molar-refractivity contribution in [3.63, 3.8) is 0 Å². The molecule has 5 nitrogen and oxygen atoms in total. The molecular formula is C19H25N3O2. The zero-order valence-corrected chi connectivity index (χ0v) is 14.2. The summed E-state index contributed by atoms with van der Waals surface area (Å²) >= 11 is 0. The quantitative estimate of drug-likeness (QED) is 0.884. The average Bonchev–Trinajstić information content (AvgIpc) is 3.20. The Labute approximate surface area is 141 Å². The zero-order chi connectivity index (χ0) is 16.4. The highest BCUT2D eigenvalue weighted by atomic mass is 16.3. The largest absolute Gasteiger partial charge is 0.387 e. The summed E-state index contributed by atoms with van der Waals surface area (Å²) in [5.74, 6) is 5.57. The van der Waals surface area contributed by atoms with Gasteiger partial charge in [0.1, 0.15) is 5.69 Å². The Hall–Kier alpha value is -1.36. The van der Waals surface area contributed by atoms with Crippen molar-refractivity contribution in [2.75, 3.05) is 6.54 Å². The Bertz CT molecular complexity index is 737. The molecule has 5 aliphatic rings. The summed E-state index contributed by atoms with van der Waals surface area (Å²) in [6.45, 7) is 4.54. The van der Waals surface area contributed by atoms with Crippen molar-refractivity contribution >= 4 is 5.91 Å². The first-order valence-electron chi connectivity index (χ1n) is 9.54. The Balaban J connectivity index is 1.22. The number of nitrogens with one attached hydrogen (secondary N) is 1. The summed E-state index contributed by atoms with van der Waals surface area (Å²) < 4.78 is 1.94. The summed E-state index contributed by atoms with van der Waals surface area (Å²) in [6.07, 6.45) is 6.21. The van der Waals surface area contributed by atoms with E-state index in [9.17, 15) is 9.90 Å². The van der Waals surface area contributed by atoms with E-state index in [0.29, 0.717) is 30.1 Å². The second kappa shape index (κ2) is 4.06. The van der Waals surface area contributed by atoms with Crippen LogP contribution < -0.4 is 5.32 Å². The molecule has 5 aliphatic carbocycles. The SMILES string of the molecule is CC(C)n1cnc(C(=O)NC[C@]2(O)[C@@H]3[C@@H]4C[C@@H]5[C@@H]6[C@H]4C[C@H]3[C@H]6[C@H]52)c1. The number of carbonyl (C=O) groups is 1. The van der Waals surface area contributed by atoms with E-state index < -0.39 is 5.60 Å². The summed E-state index contributed by atoms with van der Waals surface area (Å²) in [7, 11) is 0. The van der Waals surface area contributed by atoms with Crippen molar-refractivity contribution in [3.05, 3.63) is 18.2 Å². The maximum absolute atomic E-state index is 12.5. The van der Waals surface area contributed by atoms with Gasteiger partial charge < -0.3 is 15.0 Å². The molecule has 0 spiro atoms. The molecule has 5 heteroatoms. The molecule has 1 aromatic rings. The number of amides is 1. The topological polar surface area (TPSA) is 67.2 Å². The third kappa shape index (κ3) is 1.32. The van der Waals surface area contributed by atoms with Gasteiger partial charge in [0.15, 0.2) is 0 Å². The lowest BCUT2D eigenvalue weighted by Crippen LogP contribution is -2.59. The number of hydrogen-bond acceptors (Lipinski definition) is 3. The average molecular weight is 327 g/mol. The number of hydrogen-bond donors (Lipinski definition) is 2. The van der Waals surface area contributed by atoms with Crippen molar-refractivity contribution in [1.82, 2.24) is 14.9 Å². The number of aromatic nitrogens is 2. The normalized spacial score (nSPS) is 51.7. The third-order valence-electron chi connectivity index (χ3n) is 8.48. The van der Waals surface area contributed by atoms with E-state index in [1.807, 2.05) is 4.57 Å². The van der Waals surface area contributed by atoms with Gasteiger partial charge in [-0.1, -0.05) is 0 Å². The van der Waals surface area contributed by atoms with E-state index >= 15 is 0 Å². The van der Waals surface area contributed by atoms with Gasteiger partial charge in [-0.15, -0.1) is 0 Å². The van der Waals surface area contributed by atoms with E-state index in [4.69, 9.17) is 0 Å². The summed E-state index contributed by atoms with van der Waals surface area (Å²) in [5, 5.41) is 14.5. The number of nitrogens with zero attached hydrogens (tertiary/aromatic N) is 2. The smallest absolute Gasteiger partial charge is 0.271 e. The molecule has 9 atom stereocenters. The summed E-state index contributed by atoms with van der Waals surface area (Å²) in [5.41, 5.74) is -0.199. The second-order valence-corrected chi connectivity index (χ2v) is 9.31. The number of aliphatic hydroxyl groups is 1. The predicted molar refractivity (Wildman–Crippen MR) is 87.0 cm³/mol. The van der Waals surface area contributed by atoms with Crippen LogP contribution in [0.3, 0.4) is 0 Å². The Kier molecular flexibility index (Phi) is 2.35. The molecule has 0 aromatic carbocycles. The minimum absolute atomic E-state index is 0.152. The monoisotopic (exact) mass is 327 g/mol. The molecule has 0 radical (unpaired) electrons. The van der Waals surface area contributed by atoms with Crippen molar-refractivity contribution in [2.45, 2.75) is 38.3 Å². The highest BCUT2D eigenvalue weighted by molar-refractivity contribution is 5.92. The Morgan fingerprint density at radius 3 is 2.79 bits per heavy atom. The van der Waals surface area contributed by atoms with Crippen LogP contribution in [0.2, 0.25) is 0 Å². The van der Waals surface area contributed by atoms with Crippen LogP contribution in [-0.2, 0) is 0 Å². The van der Waals surface area contributed by atoms with Crippen LogP contribution in [0.15, 0.2) is 12.5 Å². The van der Waals surface area contributed by atoms with E-state index in [2.05, 4.69) is 24.1 Å². The maximum atomic E-state index is 12.5. The second-order valence-electron chi connectivity index (χ2n) is 9.31. The van der Waals surface area contributed by atoms with Crippen molar-refractivity contribution in [1.29, 1.82) is 0 Å². The lowest BCUT2D eigenvalue weighted by molar-refractivity contribution is -0.126. The molecule has 2 N–H and O–H groups in total. The highest BCUT2D eigenvalue weighted by Gasteiger charge is 2.84. The fourth-order valence-electron chi connectivity index (χ4n) is 8.01. The molecule has 0 aliphatic heterocycles. The lowest BCUT2D eigenvalue weighted by atomic mass is 9.56. The van der Waals surface area contributed by atoms with Crippen LogP contribution in [0.4, 0.5) is 0 Å². The van der Waals surface area contributed by atoms with Crippen molar-refractivity contribution in [2.24, 2.45) is 47.3 Å². The molecular weight excluding hydrogens is 302 g/mol. The van der Waals surface area contributed by atoms with Crippen molar-refractivity contribution < 1.29 is 9.90 Å². The summed E-state index contributed by atoms with van der Waals surface area (Å²) in [6, 6.07) is 0.295. The molecule has 128 valence electrons. The number of carbonyl (C=O) groups excluding carboxylic acids is 1. The van der Waals surface area contributed by atoms with E-state index in [0.717, 1.165) is 35.5 Å². The van der Waals surface area contributed by atoms with Crippen LogP contribution in [0, 0.1) is 47.3 Å². The molecule has 1 amide bonds. The first-order chi connectivity index (χ1) is 11.5. The summed E-state index contributed by atoms with van der Waals surface area (Å²) in [4.78, 5) is 16.7. The van der Waals surface area contributed by atoms with Crippen LogP contribution in [0.25, 0.3) is 0 Å². The van der Waals surface area contributed by atoms with Crippen molar-refractivity contribution in [3.8, 4) is 0 Å². The minimum Gasteiger partial charge on any atom is -0.387 e. The Morgan fingerprint density at radius 1 is 1.29 bits per heavy atom. The molecule has 1 aromatic heterocycles. The van der Waals surface area contributed by atoms with Gasteiger partial charge in [-0.2, -0.15) is 0 Å². The molecule has 5 saturated carbocycles. The fourth-order valence-corrected chi connectivity index (χ4v) is 8.01. The molecule has 0 unspecified atom stereocenters. The Morgan fingerprint density at radius 2 is 2.04 bits per heavy atom. The van der Waals surface area contributed by atoms with Gasteiger partial charge in [0.05, 0.1) is 11.9 Å². The number of fused-ring (bicyclic) bond motifs is 2. The first kappa shape index (κ1) is 13.9. The van der Waals surface area contributed by atoms with Gasteiger partial charge in [-0.25, -0.2) is 4.98 Å². The van der Waals surface area contributed by atoms with E-state index in [1.165, 1.54) is 12.8 Å². The van der Waals surface area contributed by atoms with Gasteiger partial charge in [-0.05, 0) is 74.0 Å². The third-order valence-corrected chi connectivity index (χ3v) is 8.48. The zero-order valence-electron chi connectivity index (χ0n) is 14.2. The minimum atomic E-state index is -0.652. The van der Waals surface area contributed by atoms with Crippen LogP contribution in [-0.4, -0.2) is 32.7 Å². The van der Waals surface area contributed by atoms with Crippen LogP contribution >= 0.6 is 0 Å². The molecule has 6 rings (SSSR count). The van der Waals surface area contributed by atoms with Gasteiger partial charge in [0, 0.05) is 18.8 Å². The van der Waals surface area contributed by atoms with Gasteiger partial charge in [-0.3, -0.25) is 4.79 Å². The highest BCUT2D eigenvalue weighted by Crippen LogP contribution is 2.85. The maximum Gasteiger partial charge on any atom is 0.271 e. The van der Waals surface area contributed by atoms with Crippen LogP contribution in [0.5, 0.6) is 0 Å². The predicted octanol–water partition coefficient (Wildman–Crippen LogP) is 1.70. The molecule has 2 bridgehead atoms. The number of imidazole rings is 1. The number of rotatable bonds is 4. The van der Waals surface area contributed by atoms with Gasteiger partial charge >= 0.3 is 0 Å². The molecule has 1 heterocycles.